The summed E-state index contributed by atoms with van der Waals surface area (Å²) in [6.45, 7) is 5.58. The number of fused-ring (bicyclic) bond motifs is 2. The van der Waals surface area contributed by atoms with E-state index in [1.807, 2.05) is 47.4 Å². The number of oxime groups is 1. The maximum Gasteiger partial charge on any atom is 0.239 e. The molecule has 0 aromatic heterocycles. The number of carbonyl (C=O) groups excluding carboxylic acids is 1. The van der Waals surface area contributed by atoms with Gasteiger partial charge in [-0.1, -0.05) is 72.6 Å². The van der Waals surface area contributed by atoms with Crippen molar-refractivity contribution < 1.29 is 48.6 Å². The van der Waals surface area contributed by atoms with Crippen molar-refractivity contribution in [2.75, 3.05) is 52.8 Å². The third-order valence-corrected chi connectivity index (χ3v) is 13.6. The number of rotatable bonds is 23. The van der Waals surface area contributed by atoms with Gasteiger partial charge in [-0.05, 0) is 110 Å². The lowest BCUT2D eigenvalue weighted by molar-refractivity contribution is -0.258. The Kier molecular flexibility index (Phi) is 15.9. The molecular formula is C52H66N2O10. The van der Waals surface area contributed by atoms with Crippen LogP contribution in [-0.4, -0.2) is 103 Å². The van der Waals surface area contributed by atoms with E-state index >= 15 is 0 Å². The molecule has 7 unspecified atom stereocenters. The Bertz CT molecular complexity index is 2050. The molecule has 3 aliphatic carbocycles. The molecule has 3 aromatic rings. The first-order valence-corrected chi connectivity index (χ1v) is 23.7. The van der Waals surface area contributed by atoms with E-state index in [0.29, 0.717) is 43.1 Å². The van der Waals surface area contributed by atoms with Crippen LogP contribution in [0.4, 0.5) is 0 Å². The minimum Gasteiger partial charge on any atom is -0.459 e. The molecule has 8 rings (SSSR count). The number of unbranched alkanes of at least 4 members (excludes halogenated alkanes) is 2. The highest BCUT2D eigenvalue weighted by molar-refractivity contribution is 6.03. The molecule has 5 aliphatic rings. The molecule has 344 valence electrons. The van der Waals surface area contributed by atoms with E-state index < -0.39 is 24.0 Å². The highest BCUT2D eigenvalue weighted by atomic mass is 16.8. The first kappa shape index (κ1) is 46.0. The fourth-order valence-corrected chi connectivity index (χ4v) is 10.4. The average Bonchev–Trinajstić information content (AvgIpc) is 4.19. The van der Waals surface area contributed by atoms with Crippen LogP contribution in [0.25, 0.3) is 11.1 Å². The quantitative estimate of drug-likeness (QED) is 0.0481. The summed E-state index contributed by atoms with van der Waals surface area (Å²) < 4.78 is 33.0. The number of hydrogen-bond donors (Lipinski definition) is 3. The summed E-state index contributed by atoms with van der Waals surface area (Å²) in [5.74, 6) is 0.0768. The first-order chi connectivity index (χ1) is 31.5. The van der Waals surface area contributed by atoms with Crippen molar-refractivity contribution in [2.24, 2.45) is 28.8 Å². The molecule has 3 aromatic carbocycles. The van der Waals surface area contributed by atoms with Crippen molar-refractivity contribution in [1.82, 2.24) is 4.90 Å². The molecule has 0 spiro atoms. The summed E-state index contributed by atoms with van der Waals surface area (Å²) >= 11 is 0. The van der Waals surface area contributed by atoms with Crippen LogP contribution in [0.3, 0.4) is 0 Å². The van der Waals surface area contributed by atoms with Gasteiger partial charge in [-0.25, -0.2) is 0 Å². The van der Waals surface area contributed by atoms with Crippen LogP contribution in [0.15, 0.2) is 102 Å². The van der Waals surface area contributed by atoms with Gasteiger partial charge in [0.25, 0.3) is 0 Å². The number of aliphatic hydroxyl groups is 3. The monoisotopic (exact) mass is 878 g/mol. The lowest BCUT2D eigenvalue weighted by Crippen LogP contribution is -2.70. The van der Waals surface area contributed by atoms with Crippen molar-refractivity contribution >= 4 is 11.6 Å². The molecule has 0 bridgehead atoms. The second-order valence-corrected chi connectivity index (χ2v) is 17.8. The van der Waals surface area contributed by atoms with E-state index in [2.05, 4.69) is 43.0 Å². The summed E-state index contributed by atoms with van der Waals surface area (Å²) in [4.78, 5) is 22.8. The zero-order chi connectivity index (χ0) is 44.3. The molecular weight excluding hydrogens is 813 g/mol. The van der Waals surface area contributed by atoms with Crippen LogP contribution in [-0.2, 0) is 23.8 Å². The molecule has 0 radical (unpaired) electrons. The molecule has 12 heteroatoms. The Morgan fingerprint density at radius 2 is 1.64 bits per heavy atom. The van der Waals surface area contributed by atoms with Gasteiger partial charge in [-0.3, -0.25) is 4.79 Å². The molecule has 64 heavy (non-hydrogen) atoms. The van der Waals surface area contributed by atoms with Gasteiger partial charge >= 0.3 is 0 Å². The predicted molar refractivity (Wildman–Crippen MR) is 244 cm³/mol. The Morgan fingerprint density at radius 3 is 2.36 bits per heavy atom. The van der Waals surface area contributed by atoms with Gasteiger partial charge in [-0.2, -0.15) is 0 Å². The fourth-order valence-electron chi connectivity index (χ4n) is 10.4. The second-order valence-electron chi connectivity index (χ2n) is 17.8. The number of hydrogen-bond acceptors (Lipinski definition) is 11. The van der Waals surface area contributed by atoms with E-state index in [0.717, 1.165) is 85.8 Å². The summed E-state index contributed by atoms with van der Waals surface area (Å²) in [5, 5.41) is 34.5. The lowest BCUT2D eigenvalue weighted by atomic mass is 9.55. The van der Waals surface area contributed by atoms with Gasteiger partial charge in [0.1, 0.15) is 23.3 Å². The normalized spacial score (nSPS) is 26.5. The number of nitrogens with zero attached hydrogens (tertiary/aromatic N) is 2. The Morgan fingerprint density at radius 1 is 0.875 bits per heavy atom. The SMILES string of the molecule is C=CCOC12Oc3ccc(Oc4ccc(-c5ccccc5)cc4)cc3C3C(CCCCO)C(CCCCO)C=C(C(=NOC4CCCCO4)CC1N(CCOCCO)C(=O)C1CC1)C32. The van der Waals surface area contributed by atoms with Crippen molar-refractivity contribution in [2.45, 2.75) is 101 Å². The van der Waals surface area contributed by atoms with Gasteiger partial charge in [0.15, 0.2) is 0 Å². The molecule has 2 saturated carbocycles. The number of allylic oxidation sites excluding steroid dienone is 1. The van der Waals surface area contributed by atoms with Gasteiger partial charge in [0.05, 0.1) is 44.7 Å². The van der Waals surface area contributed by atoms with Crippen LogP contribution < -0.4 is 9.47 Å². The summed E-state index contributed by atoms with van der Waals surface area (Å²) in [6.07, 6.45) is 12.9. The highest BCUT2D eigenvalue weighted by Crippen LogP contribution is 2.62. The van der Waals surface area contributed by atoms with E-state index in [9.17, 15) is 20.1 Å². The molecule has 3 fully saturated rings. The standard InChI is InChI=1S/C52H66N2O10/c1-2-29-61-52-47(54(25-31-59-32-28-57)51(58)38-17-18-38)35-45(53-64-48-16-8-11-30-60-48)43-33-39(14-6-9-26-55)42(15-7-10-27-56)49(50(43)52)44-34-41(23-24-46(44)63-52)62-40-21-19-37(20-22-40)36-12-4-3-5-13-36/h2-5,12-13,19-24,33-34,38-39,42,47-50,55-57H,1,6-11,14-18,25-32,35H2. The minimum absolute atomic E-state index is 0.0210. The van der Waals surface area contributed by atoms with Crippen LogP contribution in [0, 0.1) is 23.7 Å². The third kappa shape index (κ3) is 10.4. The molecule has 12 nitrogen and oxygen atoms in total. The minimum atomic E-state index is -1.37. The molecule has 7 atom stereocenters. The molecule has 3 N–H and O–H groups in total. The Hall–Kier alpha value is -4.56. The smallest absolute Gasteiger partial charge is 0.239 e. The highest BCUT2D eigenvalue weighted by Gasteiger charge is 2.66. The number of benzene rings is 3. The number of carbonyl (C=O) groups is 1. The molecule has 1 amide bonds. The van der Waals surface area contributed by atoms with Gasteiger partial charge < -0.3 is 48.7 Å². The zero-order valence-corrected chi connectivity index (χ0v) is 37.1. The van der Waals surface area contributed by atoms with Crippen molar-refractivity contribution in [3.63, 3.8) is 0 Å². The second kappa shape index (κ2) is 22.1. The van der Waals surface area contributed by atoms with Crippen molar-refractivity contribution in [3.8, 4) is 28.4 Å². The summed E-state index contributed by atoms with van der Waals surface area (Å²) in [7, 11) is 0. The lowest BCUT2D eigenvalue weighted by Gasteiger charge is -2.60. The third-order valence-electron chi connectivity index (χ3n) is 13.6. The van der Waals surface area contributed by atoms with E-state index in [-0.39, 0.29) is 75.8 Å². The fraction of sp³-hybridized carbons (Fsp3) is 0.538. The number of ether oxygens (including phenoxy) is 5. The number of amides is 1. The molecule has 1 saturated heterocycles. The van der Waals surface area contributed by atoms with Crippen molar-refractivity contribution in [1.29, 1.82) is 0 Å². The van der Waals surface area contributed by atoms with E-state index in [4.69, 9.17) is 33.7 Å². The van der Waals surface area contributed by atoms with Gasteiger partial charge in [-0.15, -0.1) is 6.58 Å². The Balaban J connectivity index is 1.27. The van der Waals surface area contributed by atoms with Crippen LogP contribution in [0.1, 0.15) is 88.5 Å². The van der Waals surface area contributed by atoms with Gasteiger partial charge in [0.2, 0.25) is 18.0 Å². The van der Waals surface area contributed by atoms with Gasteiger partial charge in [0, 0.05) is 50.0 Å². The summed E-state index contributed by atoms with van der Waals surface area (Å²) in [6, 6.07) is 23.7. The van der Waals surface area contributed by atoms with E-state index in [1.54, 1.807) is 6.08 Å². The maximum absolute atomic E-state index is 14.6. The first-order valence-electron chi connectivity index (χ1n) is 23.7. The van der Waals surface area contributed by atoms with Crippen molar-refractivity contribution in [3.05, 3.63) is 103 Å². The number of aliphatic hydroxyl groups excluding tert-OH is 3. The average molecular weight is 879 g/mol. The van der Waals surface area contributed by atoms with Crippen LogP contribution in [0.2, 0.25) is 0 Å². The molecule has 2 heterocycles. The largest absolute Gasteiger partial charge is 0.459 e. The Labute approximate surface area is 377 Å². The van der Waals surface area contributed by atoms with Crippen LogP contribution in [0.5, 0.6) is 17.2 Å². The molecule has 2 aliphatic heterocycles. The van der Waals surface area contributed by atoms with Crippen LogP contribution >= 0.6 is 0 Å². The topological polar surface area (TPSA) is 149 Å². The predicted octanol–water partition coefficient (Wildman–Crippen LogP) is 8.55. The zero-order valence-electron chi connectivity index (χ0n) is 37.1. The summed E-state index contributed by atoms with van der Waals surface area (Å²) in [5.41, 5.74) is 4.91. The van der Waals surface area contributed by atoms with E-state index in [1.165, 1.54) is 0 Å². The maximum atomic E-state index is 14.6.